The third-order valence-electron chi connectivity index (χ3n) is 4.84. The van der Waals surface area contributed by atoms with Crippen LogP contribution in [0.25, 0.3) is 0 Å². The van der Waals surface area contributed by atoms with Gasteiger partial charge in [0.05, 0.1) is 30.9 Å². The lowest BCUT2D eigenvalue weighted by atomic mass is 10.2. The summed E-state index contributed by atoms with van der Waals surface area (Å²) in [4.78, 5) is 41.1. The number of morpholine rings is 1. The maximum atomic E-state index is 12.5. The van der Waals surface area contributed by atoms with Crippen molar-refractivity contribution in [3.63, 3.8) is 0 Å². The van der Waals surface area contributed by atoms with Crippen LogP contribution in [0.5, 0.6) is 5.75 Å². The van der Waals surface area contributed by atoms with E-state index in [1.807, 2.05) is 13.0 Å². The second-order valence-electron chi connectivity index (χ2n) is 6.84. The van der Waals surface area contributed by atoms with E-state index < -0.39 is 12.2 Å². The third-order valence-corrected chi connectivity index (χ3v) is 5.76. The Morgan fingerprint density at radius 2 is 2.07 bits per heavy atom. The van der Waals surface area contributed by atoms with Gasteiger partial charge in [0.1, 0.15) is 12.4 Å². The molecule has 1 aromatic carbocycles. The molecule has 3 amide bonds. The summed E-state index contributed by atoms with van der Waals surface area (Å²) in [6.07, 6.45) is -1.57. The van der Waals surface area contributed by atoms with E-state index in [4.69, 9.17) is 14.2 Å². The molecule has 3 heterocycles. The molecule has 1 unspecified atom stereocenters. The molecule has 0 spiro atoms. The molecule has 0 aliphatic carbocycles. The Labute approximate surface area is 177 Å². The van der Waals surface area contributed by atoms with Gasteiger partial charge in [-0.15, -0.1) is 11.3 Å². The molecule has 2 aliphatic rings. The Bertz CT molecular complexity index is 991. The summed E-state index contributed by atoms with van der Waals surface area (Å²) >= 11 is 1.45. The van der Waals surface area contributed by atoms with Crippen LogP contribution in [0.1, 0.15) is 4.88 Å². The number of hydrogen-bond acceptors (Lipinski definition) is 7. The van der Waals surface area contributed by atoms with E-state index >= 15 is 0 Å². The number of nitrogens with one attached hydrogen (secondary N) is 1. The zero-order valence-corrected chi connectivity index (χ0v) is 17.4. The van der Waals surface area contributed by atoms with Gasteiger partial charge in [-0.05, 0) is 31.2 Å². The standard InChI is InChI=1S/C20H21N3O6S/c1-12-3-6-17(30-12)21-19(25)16-10-23(20(26)29-16)14-5-4-13(9-15(14)27-2)22-7-8-28-11-18(22)24/h3-6,9,16H,7-8,10-11H2,1-2H3,(H,21,25). The van der Waals surface area contributed by atoms with Gasteiger partial charge < -0.3 is 24.4 Å². The van der Waals surface area contributed by atoms with Crippen molar-refractivity contribution in [3.05, 3.63) is 35.2 Å². The normalized spacial score (nSPS) is 19.1. The number of cyclic esters (lactones) is 1. The van der Waals surface area contributed by atoms with Gasteiger partial charge in [-0.3, -0.25) is 14.5 Å². The topological polar surface area (TPSA) is 97.4 Å². The van der Waals surface area contributed by atoms with E-state index in [9.17, 15) is 14.4 Å². The van der Waals surface area contributed by atoms with Crippen LogP contribution in [0.3, 0.4) is 0 Å². The van der Waals surface area contributed by atoms with Crippen LogP contribution < -0.4 is 19.9 Å². The third kappa shape index (κ3) is 3.96. The minimum absolute atomic E-state index is 0.0308. The summed E-state index contributed by atoms with van der Waals surface area (Å²) in [5.74, 6) is -0.127. The molecule has 2 aliphatic heterocycles. The highest BCUT2D eigenvalue weighted by Crippen LogP contribution is 2.35. The van der Waals surface area contributed by atoms with Crippen LogP contribution in [0.15, 0.2) is 30.3 Å². The van der Waals surface area contributed by atoms with Gasteiger partial charge in [0.25, 0.3) is 11.8 Å². The van der Waals surface area contributed by atoms with E-state index in [1.165, 1.54) is 23.3 Å². The average Bonchev–Trinajstić information content (AvgIpc) is 3.33. The SMILES string of the molecule is COc1cc(N2CCOCC2=O)ccc1N1CC(C(=O)Nc2ccc(C)s2)OC1=O. The second kappa shape index (κ2) is 8.33. The summed E-state index contributed by atoms with van der Waals surface area (Å²) in [6.45, 7) is 2.93. The Balaban J connectivity index is 1.51. The van der Waals surface area contributed by atoms with Gasteiger partial charge in [0, 0.05) is 23.2 Å². The molecule has 4 rings (SSSR count). The predicted octanol–water partition coefficient (Wildman–Crippen LogP) is 2.39. The van der Waals surface area contributed by atoms with Crippen LogP contribution in [-0.2, 0) is 19.1 Å². The van der Waals surface area contributed by atoms with Gasteiger partial charge in [-0.1, -0.05) is 0 Å². The number of hydrogen-bond donors (Lipinski definition) is 1. The van der Waals surface area contributed by atoms with Crippen molar-refractivity contribution >= 4 is 45.6 Å². The summed E-state index contributed by atoms with van der Waals surface area (Å²) < 4.78 is 15.9. The second-order valence-corrected chi connectivity index (χ2v) is 8.12. The fraction of sp³-hybridized carbons (Fsp3) is 0.350. The summed E-state index contributed by atoms with van der Waals surface area (Å²) in [5, 5.41) is 3.47. The molecule has 2 saturated heterocycles. The molecule has 1 aromatic heterocycles. The monoisotopic (exact) mass is 431 g/mol. The maximum Gasteiger partial charge on any atom is 0.415 e. The van der Waals surface area contributed by atoms with Gasteiger partial charge >= 0.3 is 6.09 Å². The number of rotatable bonds is 5. The molecule has 10 heteroatoms. The molecule has 2 fully saturated rings. The predicted molar refractivity (Wildman–Crippen MR) is 111 cm³/mol. The number of carbonyl (C=O) groups excluding carboxylic acids is 3. The van der Waals surface area contributed by atoms with E-state index in [2.05, 4.69) is 5.32 Å². The molecule has 0 bridgehead atoms. The minimum Gasteiger partial charge on any atom is -0.494 e. The van der Waals surface area contributed by atoms with E-state index in [1.54, 1.807) is 29.2 Å². The molecule has 158 valence electrons. The zero-order valence-electron chi connectivity index (χ0n) is 16.5. The number of nitrogens with zero attached hydrogens (tertiary/aromatic N) is 2. The van der Waals surface area contributed by atoms with Crippen LogP contribution >= 0.6 is 11.3 Å². The number of ether oxygens (including phenoxy) is 3. The van der Waals surface area contributed by atoms with Crippen LogP contribution in [0.2, 0.25) is 0 Å². The van der Waals surface area contributed by atoms with Crippen molar-refractivity contribution in [3.8, 4) is 5.75 Å². The first-order valence-electron chi connectivity index (χ1n) is 9.38. The fourth-order valence-electron chi connectivity index (χ4n) is 3.35. The quantitative estimate of drug-likeness (QED) is 0.781. The summed E-state index contributed by atoms with van der Waals surface area (Å²) in [6, 6.07) is 8.81. The van der Waals surface area contributed by atoms with Crippen LogP contribution in [0, 0.1) is 6.92 Å². The van der Waals surface area contributed by atoms with Crippen molar-refractivity contribution in [2.24, 2.45) is 0 Å². The highest BCUT2D eigenvalue weighted by atomic mass is 32.1. The Morgan fingerprint density at radius 1 is 1.23 bits per heavy atom. The number of anilines is 3. The molecule has 0 saturated carbocycles. The van der Waals surface area contributed by atoms with Crippen molar-refractivity contribution in [1.29, 1.82) is 0 Å². The van der Waals surface area contributed by atoms with Crippen molar-refractivity contribution in [2.75, 3.05) is 48.5 Å². The number of aryl methyl sites for hydroxylation is 1. The Kier molecular flexibility index (Phi) is 5.60. The molecule has 2 aromatic rings. The van der Waals surface area contributed by atoms with E-state index in [-0.39, 0.29) is 25.0 Å². The van der Waals surface area contributed by atoms with Crippen molar-refractivity contribution in [1.82, 2.24) is 0 Å². The van der Waals surface area contributed by atoms with Crippen molar-refractivity contribution in [2.45, 2.75) is 13.0 Å². The number of thiophene rings is 1. The highest BCUT2D eigenvalue weighted by molar-refractivity contribution is 7.16. The maximum absolute atomic E-state index is 12.5. The summed E-state index contributed by atoms with van der Waals surface area (Å²) in [7, 11) is 1.48. The average molecular weight is 431 g/mol. The van der Waals surface area contributed by atoms with Gasteiger partial charge in [0.15, 0.2) is 6.10 Å². The lowest BCUT2D eigenvalue weighted by Gasteiger charge is -2.28. The lowest BCUT2D eigenvalue weighted by Crippen LogP contribution is -2.41. The first kappa shape index (κ1) is 20.2. The van der Waals surface area contributed by atoms with Gasteiger partial charge in [0.2, 0.25) is 0 Å². The largest absolute Gasteiger partial charge is 0.494 e. The highest BCUT2D eigenvalue weighted by Gasteiger charge is 2.38. The first-order valence-corrected chi connectivity index (χ1v) is 10.2. The van der Waals surface area contributed by atoms with E-state index in [0.717, 1.165) is 4.88 Å². The lowest BCUT2D eigenvalue weighted by molar-refractivity contribution is -0.125. The van der Waals surface area contributed by atoms with Gasteiger partial charge in [-0.2, -0.15) is 0 Å². The molecule has 1 N–H and O–H groups in total. The minimum atomic E-state index is -0.940. The molecule has 30 heavy (non-hydrogen) atoms. The number of amides is 3. The molecular weight excluding hydrogens is 410 g/mol. The first-order chi connectivity index (χ1) is 14.5. The Hall–Kier alpha value is -3.11. The fourth-order valence-corrected chi connectivity index (χ4v) is 4.12. The molecular formula is C20H21N3O6S. The van der Waals surface area contributed by atoms with Gasteiger partial charge in [-0.25, -0.2) is 4.79 Å². The molecule has 0 radical (unpaired) electrons. The van der Waals surface area contributed by atoms with E-state index in [0.29, 0.717) is 35.3 Å². The van der Waals surface area contributed by atoms with Crippen LogP contribution in [-0.4, -0.2) is 57.4 Å². The zero-order chi connectivity index (χ0) is 21.3. The summed E-state index contributed by atoms with van der Waals surface area (Å²) in [5.41, 5.74) is 1.12. The Morgan fingerprint density at radius 3 is 2.77 bits per heavy atom. The molecule has 9 nitrogen and oxygen atoms in total. The number of carbonyl (C=O) groups is 3. The number of methoxy groups -OCH3 is 1. The molecule has 1 atom stereocenters. The van der Waals surface area contributed by atoms with Crippen LogP contribution in [0.4, 0.5) is 21.2 Å². The number of benzene rings is 1. The smallest absolute Gasteiger partial charge is 0.415 e. The van der Waals surface area contributed by atoms with Crippen molar-refractivity contribution < 1.29 is 28.6 Å².